The second kappa shape index (κ2) is 6.94. The lowest BCUT2D eigenvalue weighted by Crippen LogP contribution is -2.34. The highest BCUT2D eigenvalue weighted by Gasteiger charge is 2.43. The van der Waals surface area contributed by atoms with Crippen molar-refractivity contribution < 1.29 is 28.8 Å². The molecule has 0 radical (unpaired) electrons. The number of hydrogen-bond acceptors (Lipinski definition) is 5. The standard InChI is InChI=1S/C25H20O6/c26-25(27)24-18(15-5-7-19-21(10-15)30-12-28-19)9-14-3-1-2-4-17(14)23(24)16-6-8-20-22(11-16)31-13-29-20/h1-8,10-11,18,23-24H,9,12-13H2,(H,26,27). The van der Waals surface area contributed by atoms with E-state index in [1.807, 2.05) is 54.6 Å². The van der Waals surface area contributed by atoms with Crippen LogP contribution in [0.2, 0.25) is 0 Å². The highest BCUT2D eigenvalue weighted by atomic mass is 16.7. The maximum absolute atomic E-state index is 12.7. The van der Waals surface area contributed by atoms with Gasteiger partial charge in [0, 0.05) is 11.8 Å². The molecular formula is C25H20O6. The second-order valence-electron chi connectivity index (χ2n) is 8.08. The molecule has 3 aromatic rings. The van der Waals surface area contributed by atoms with E-state index in [1.165, 1.54) is 0 Å². The fourth-order valence-corrected chi connectivity index (χ4v) is 5.09. The van der Waals surface area contributed by atoms with Crippen LogP contribution in [-0.4, -0.2) is 24.7 Å². The molecule has 156 valence electrons. The lowest BCUT2D eigenvalue weighted by atomic mass is 9.64. The first-order valence-corrected chi connectivity index (χ1v) is 10.3. The third-order valence-corrected chi connectivity index (χ3v) is 6.49. The van der Waals surface area contributed by atoms with Crippen LogP contribution in [0.1, 0.15) is 34.1 Å². The predicted molar refractivity (Wildman–Crippen MR) is 111 cm³/mol. The summed E-state index contributed by atoms with van der Waals surface area (Å²) >= 11 is 0. The van der Waals surface area contributed by atoms with E-state index >= 15 is 0 Å². The average Bonchev–Trinajstić information content (AvgIpc) is 3.45. The smallest absolute Gasteiger partial charge is 0.308 e. The minimum atomic E-state index is -0.820. The number of carboxylic acid groups (broad SMARTS) is 1. The van der Waals surface area contributed by atoms with Gasteiger partial charge in [-0.3, -0.25) is 4.79 Å². The van der Waals surface area contributed by atoms with Crippen LogP contribution in [0, 0.1) is 5.92 Å². The van der Waals surface area contributed by atoms with E-state index < -0.39 is 11.9 Å². The highest BCUT2D eigenvalue weighted by Crippen LogP contribution is 2.50. The van der Waals surface area contributed by atoms with Crippen LogP contribution in [-0.2, 0) is 11.2 Å². The molecule has 0 amide bonds. The van der Waals surface area contributed by atoms with Crippen LogP contribution in [0.3, 0.4) is 0 Å². The average molecular weight is 416 g/mol. The Labute approximate surface area is 178 Å². The Kier molecular flexibility index (Phi) is 4.06. The van der Waals surface area contributed by atoms with Gasteiger partial charge < -0.3 is 24.1 Å². The number of carboxylic acids is 1. The van der Waals surface area contributed by atoms with Crippen molar-refractivity contribution in [2.75, 3.05) is 13.6 Å². The second-order valence-corrected chi connectivity index (χ2v) is 8.08. The topological polar surface area (TPSA) is 74.2 Å². The minimum absolute atomic E-state index is 0.183. The zero-order valence-corrected chi connectivity index (χ0v) is 16.6. The summed E-state index contributed by atoms with van der Waals surface area (Å²) in [5.41, 5.74) is 4.06. The van der Waals surface area contributed by atoms with Gasteiger partial charge in [-0.1, -0.05) is 36.4 Å². The maximum atomic E-state index is 12.7. The lowest BCUT2D eigenvalue weighted by Gasteiger charge is -2.38. The molecule has 1 N–H and O–H groups in total. The zero-order valence-electron chi connectivity index (χ0n) is 16.6. The minimum Gasteiger partial charge on any atom is -0.481 e. The normalized spacial score (nSPS) is 22.8. The van der Waals surface area contributed by atoms with Crippen LogP contribution in [0.15, 0.2) is 60.7 Å². The van der Waals surface area contributed by atoms with E-state index in [0.717, 1.165) is 22.3 Å². The van der Waals surface area contributed by atoms with Crippen molar-refractivity contribution in [1.82, 2.24) is 0 Å². The molecule has 2 aliphatic heterocycles. The van der Waals surface area contributed by atoms with E-state index in [0.29, 0.717) is 29.4 Å². The molecule has 0 spiro atoms. The van der Waals surface area contributed by atoms with E-state index in [-0.39, 0.29) is 25.4 Å². The van der Waals surface area contributed by atoms with E-state index in [9.17, 15) is 9.90 Å². The number of aliphatic carboxylic acids is 1. The predicted octanol–water partition coefficient (Wildman–Crippen LogP) is 4.32. The SMILES string of the molecule is O=C(O)C1C(c2ccc3c(c2)OCO3)Cc2ccccc2C1c1ccc2c(c1)OCO2. The van der Waals surface area contributed by atoms with Crippen molar-refractivity contribution in [1.29, 1.82) is 0 Å². The van der Waals surface area contributed by atoms with Gasteiger partial charge in [-0.25, -0.2) is 0 Å². The third kappa shape index (κ3) is 2.90. The van der Waals surface area contributed by atoms with Crippen LogP contribution < -0.4 is 18.9 Å². The van der Waals surface area contributed by atoms with E-state index in [2.05, 4.69) is 6.07 Å². The van der Waals surface area contributed by atoms with Crippen molar-refractivity contribution in [2.24, 2.45) is 5.92 Å². The number of carbonyl (C=O) groups is 1. The molecular weight excluding hydrogens is 396 g/mol. The van der Waals surface area contributed by atoms with Gasteiger partial charge in [-0.05, 0) is 52.9 Å². The van der Waals surface area contributed by atoms with Gasteiger partial charge in [-0.15, -0.1) is 0 Å². The Morgan fingerprint density at radius 2 is 1.39 bits per heavy atom. The molecule has 1 aliphatic carbocycles. The van der Waals surface area contributed by atoms with Crippen molar-refractivity contribution in [2.45, 2.75) is 18.3 Å². The fraction of sp³-hybridized carbons (Fsp3) is 0.240. The Morgan fingerprint density at radius 1 is 0.774 bits per heavy atom. The van der Waals surface area contributed by atoms with Gasteiger partial charge in [0.25, 0.3) is 0 Å². The van der Waals surface area contributed by atoms with Gasteiger partial charge >= 0.3 is 5.97 Å². The summed E-state index contributed by atoms with van der Waals surface area (Å²) in [6.07, 6.45) is 0.647. The van der Waals surface area contributed by atoms with Gasteiger partial charge in [-0.2, -0.15) is 0 Å². The number of hydrogen-bond donors (Lipinski definition) is 1. The molecule has 0 aromatic heterocycles. The largest absolute Gasteiger partial charge is 0.481 e. The molecule has 0 saturated heterocycles. The summed E-state index contributed by atoms with van der Waals surface area (Å²) in [5, 5.41) is 10.4. The molecule has 0 fully saturated rings. The molecule has 6 rings (SSSR count). The van der Waals surface area contributed by atoms with Crippen LogP contribution in [0.4, 0.5) is 0 Å². The summed E-state index contributed by atoms with van der Waals surface area (Å²) in [6, 6.07) is 19.6. The molecule has 6 heteroatoms. The number of fused-ring (bicyclic) bond motifs is 3. The van der Waals surface area contributed by atoms with Crippen molar-refractivity contribution >= 4 is 5.97 Å². The third-order valence-electron chi connectivity index (χ3n) is 6.49. The summed E-state index contributed by atoms with van der Waals surface area (Å²) in [7, 11) is 0. The number of ether oxygens (including phenoxy) is 4. The maximum Gasteiger partial charge on any atom is 0.308 e. The first kappa shape index (κ1) is 18.1. The van der Waals surface area contributed by atoms with E-state index in [1.54, 1.807) is 0 Å². The summed E-state index contributed by atoms with van der Waals surface area (Å²) < 4.78 is 22.0. The Morgan fingerprint density at radius 3 is 2.10 bits per heavy atom. The first-order valence-electron chi connectivity index (χ1n) is 10.3. The number of rotatable bonds is 3. The monoisotopic (exact) mass is 416 g/mol. The quantitative estimate of drug-likeness (QED) is 0.686. The molecule has 2 heterocycles. The molecule has 3 atom stereocenters. The van der Waals surface area contributed by atoms with Gasteiger partial charge in [0.15, 0.2) is 23.0 Å². The van der Waals surface area contributed by atoms with Gasteiger partial charge in [0.2, 0.25) is 13.6 Å². The van der Waals surface area contributed by atoms with Gasteiger partial charge in [0.05, 0.1) is 5.92 Å². The lowest BCUT2D eigenvalue weighted by molar-refractivity contribution is -0.143. The van der Waals surface area contributed by atoms with Crippen molar-refractivity contribution in [3.8, 4) is 23.0 Å². The molecule has 3 aromatic carbocycles. The van der Waals surface area contributed by atoms with Crippen LogP contribution >= 0.6 is 0 Å². The Balaban J connectivity index is 1.50. The van der Waals surface area contributed by atoms with Crippen molar-refractivity contribution in [3.63, 3.8) is 0 Å². The molecule has 0 saturated carbocycles. The molecule has 3 unspecified atom stereocenters. The highest BCUT2D eigenvalue weighted by molar-refractivity contribution is 5.75. The van der Waals surface area contributed by atoms with Gasteiger partial charge in [0.1, 0.15) is 0 Å². The summed E-state index contributed by atoms with van der Waals surface area (Å²) in [4.78, 5) is 12.7. The summed E-state index contributed by atoms with van der Waals surface area (Å²) in [5.74, 6) is 0.718. The Bertz CT molecular complexity index is 1190. The molecule has 3 aliphatic rings. The van der Waals surface area contributed by atoms with Crippen LogP contribution in [0.5, 0.6) is 23.0 Å². The molecule has 31 heavy (non-hydrogen) atoms. The first-order chi connectivity index (χ1) is 15.2. The number of benzene rings is 3. The summed E-state index contributed by atoms with van der Waals surface area (Å²) in [6.45, 7) is 0.372. The zero-order chi connectivity index (χ0) is 20.9. The van der Waals surface area contributed by atoms with E-state index in [4.69, 9.17) is 18.9 Å². The van der Waals surface area contributed by atoms with Crippen molar-refractivity contribution in [3.05, 3.63) is 82.9 Å². The molecule has 0 bridgehead atoms. The van der Waals surface area contributed by atoms with Crippen LogP contribution in [0.25, 0.3) is 0 Å². The Hall–Kier alpha value is -3.67. The fourth-order valence-electron chi connectivity index (χ4n) is 5.09. The molecule has 6 nitrogen and oxygen atoms in total.